The first-order valence-corrected chi connectivity index (χ1v) is 0. The summed E-state index contributed by atoms with van der Waals surface area (Å²) in [5.41, 5.74) is 0. The fourth-order valence-electron chi connectivity index (χ4n) is 0. The van der Waals surface area contributed by atoms with Gasteiger partial charge in [-0.3, -0.25) is 0 Å². The van der Waals surface area contributed by atoms with Crippen LogP contribution in [-0.2, 0) is 17.1 Å². The molecule has 0 amide bonds. The monoisotopic (exact) mass is 351 g/mol. The van der Waals surface area contributed by atoms with Gasteiger partial charge in [0, 0.05) is 58.8 Å². The molecule has 0 saturated heterocycles. The molecule has 0 rings (SSSR count). The summed E-state index contributed by atoms with van der Waals surface area (Å²) in [6, 6.07) is 0. The normalized spacial score (nSPS) is 0. The average molecular weight is 352 g/mol. The Kier molecular flexibility index (Phi) is 108. The van der Waals surface area contributed by atoms with Crippen molar-refractivity contribution < 1.29 is 58.8 Å². The van der Waals surface area contributed by atoms with Crippen LogP contribution < -0.4 is 0 Å². The predicted molar refractivity (Wildman–Crippen MR) is 19.9 cm³/mol. The fraction of sp³-hybridized carbons (Fsp3) is 0. The molecule has 0 atom stereocenters. The van der Waals surface area contributed by atoms with Crippen molar-refractivity contribution in [1.82, 2.24) is 0 Å². The molecule has 0 aromatic rings. The van der Waals surface area contributed by atoms with Crippen LogP contribution >= 0.6 is 0 Å². The quantitative estimate of drug-likeness (QED) is 0.428. The molecule has 0 fully saturated rings. The summed E-state index contributed by atoms with van der Waals surface area (Å²) in [4.78, 5) is 0. The van der Waals surface area contributed by atoms with E-state index < -0.39 is 0 Å². The molecule has 1 radical (unpaired) electrons. The molecule has 4 heavy (non-hydrogen) atoms. The van der Waals surface area contributed by atoms with Crippen molar-refractivity contribution in [2.75, 3.05) is 0 Å². The Labute approximate surface area is 99.6 Å². The molecule has 0 aromatic heterocycles. The molecule has 4 heteroatoms. The van der Waals surface area contributed by atoms with E-state index in [2.05, 4.69) is 0 Å². The molecule has 0 aromatic carbocycles. The van der Waals surface area contributed by atoms with Crippen molar-refractivity contribution in [3.8, 4) is 0 Å². The Hall–Kier alpha value is 3.30. The van der Waals surface area contributed by atoms with Crippen LogP contribution in [0, 0.1) is 41.7 Å². The van der Waals surface area contributed by atoms with Crippen LogP contribution in [0.5, 0.6) is 0 Å². The van der Waals surface area contributed by atoms with Crippen molar-refractivity contribution in [3.05, 3.63) is 0 Å². The number of rotatable bonds is 0. The second-order valence-corrected chi connectivity index (χ2v) is 0. The molecule has 0 bridgehead atoms. The predicted octanol–water partition coefficient (Wildman–Crippen LogP) is -2.37. The van der Waals surface area contributed by atoms with Gasteiger partial charge < -0.3 is 0 Å². The Morgan fingerprint density at radius 1 is 1.00 bits per heavy atom. The van der Waals surface area contributed by atoms with Gasteiger partial charge in [0.05, 0.1) is 0 Å². The SMILES string of the molecule is [AlH3].[Ce].[Cu].[InH3]. The summed E-state index contributed by atoms with van der Waals surface area (Å²) in [7, 11) is 0. The van der Waals surface area contributed by atoms with Gasteiger partial charge in [-0.1, -0.05) is 0 Å². The van der Waals surface area contributed by atoms with E-state index in [9.17, 15) is 0 Å². The fourth-order valence-corrected chi connectivity index (χ4v) is 0. The summed E-state index contributed by atoms with van der Waals surface area (Å²) in [5.74, 6) is 0. The maximum absolute atomic E-state index is 0. The van der Waals surface area contributed by atoms with E-state index in [0.717, 1.165) is 0 Å². The van der Waals surface area contributed by atoms with Crippen LogP contribution in [0.4, 0.5) is 0 Å². The topological polar surface area (TPSA) is 0 Å². The zero-order valence-electron chi connectivity index (χ0n) is 0.802. The molecule has 0 N–H and O–H groups in total. The van der Waals surface area contributed by atoms with Crippen LogP contribution in [0.1, 0.15) is 0 Å². The van der Waals surface area contributed by atoms with E-state index in [1.807, 2.05) is 0 Å². The van der Waals surface area contributed by atoms with Gasteiger partial charge in [0.2, 0.25) is 0 Å². The van der Waals surface area contributed by atoms with Gasteiger partial charge in [-0.15, -0.1) is 0 Å². The van der Waals surface area contributed by atoms with E-state index in [1.54, 1.807) is 0 Å². The molecule has 0 spiro atoms. The first-order valence-electron chi connectivity index (χ1n) is 0. The molecular weight excluding hydrogens is 345 g/mol. The maximum atomic E-state index is 0. The minimum atomic E-state index is 0. The van der Waals surface area contributed by atoms with E-state index in [-0.39, 0.29) is 102 Å². The molecule has 0 aliphatic rings. The summed E-state index contributed by atoms with van der Waals surface area (Å²) < 4.78 is 0. The molecule has 27 valence electrons. The van der Waals surface area contributed by atoms with Gasteiger partial charge in [0.1, 0.15) is 0 Å². The summed E-state index contributed by atoms with van der Waals surface area (Å²) in [6.07, 6.45) is 0. The van der Waals surface area contributed by atoms with Gasteiger partial charge >= 0.3 is 25.8 Å². The number of hydrogen-bond donors (Lipinski definition) is 0. The zero-order chi connectivity index (χ0) is 0. The second kappa shape index (κ2) is 16.3. The first kappa shape index (κ1) is 26.6. The van der Waals surface area contributed by atoms with E-state index in [4.69, 9.17) is 0 Å². The average Bonchev–Trinajstić information content (AvgIpc) is 0. The molecule has 0 aliphatic carbocycles. The van der Waals surface area contributed by atoms with E-state index in [1.165, 1.54) is 0 Å². The van der Waals surface area contributed by atoms with E-state index >= 15 is 0 Å². The Balaban J connectivity index is 0. The van der Waals surface area contributed by atoms with Crippen LogP contribution in [0.3, 0.4) is 0 Å². The van der Waals surface area contributed by atoms with Crippen molar-refractivity contribution in [2.24, 2.45) is 0 Å². The molecular formula is H6AlCeCuIn. The minimum absolute atomic E-state index is 0. The van der Waals surface area contributed by atoms with Crippen molar-refractivity contribution in [3.63, 3.8) is 0 Å². The summed E-state index contributed by atoms with van der Waals surface area (Å²) in [6.45, 7) is 0. The van der Waals surface area contributed by atoms with Gasteiger partial charge in [-0.2, -0.15) is 0 Å². The third kappa shape index (κ3) is 9.00. The second-order valence-electron chi connectivity index (χ2n) is 0. The van der Waals surface area contributed by atoms with Crippen molar-refractivity contribution >= 4 is 43.2 Å². The van der Waals surface area contributed by atoms with Gasteiger partial charge in [-0.05, 0) is 0 Å². The summed E-state index contributed by atoms with van der Waals surface area (Å²) >= 11 is 0. The third-order valence-corrected chi connectivity index (χ3v) is 0. The molecule has 0 heterocycles. The molecule has 0 saturated carbocycles. The van der Waals surface area contributed by atoms with E-state index in [0.29, 0.717) is 0 Å². The summed E-state index contributed by atoms with van der Waals surface area (Å²) in [5, 5.41) is 0. The van der Waals surface area contributed by atoms with Crippen LogP contribution in [-0.4, -0.2) is 43.2 Å². The Bertz CT molecular complexity index is 8.00. The first-order chi connectivity index (χ1) is 0. The zero-order valence-corrected chi connectivity index (χ0v) is 4.88. The Morgan fingerprint density at radius 3 is 1.00 bits per heavy atom. The molecule has 0 nitrogen and oxygen atoms in total. The molecule has 0 aliphatic heterocycles. The van der Waals surface area contributed by atoms with Crippen molar-refractivity contribution in [1.29, 1.82) is 0 Å². The number of hydrogen-bond acceptors (Lipinski definition) is 0. The molecule has 0 unspecified atom stereocenters. The van der Waals surface area contributed by atoms with Crippen LogP contribution in [0.15, 0.2) is 0 Å². The third-order valence-electron chi connectivity index (χ3n) is 0. The van der Waals surface area contributed by atoms with Gasteiger partial charge in [0.15, 0.2) is 17.4 Å². The van der Waals surface area contributed by atoms with Crippen LogP contribution in [0.2, 0.25) is 0 Å². The van der Waals surface area contributed by atoms with Crippen molar-refractivity contribution in [2.45, 2.75) is 0 Å². The standard InChI is InChI=1S/Al.Ce.Cu.In.6H. The Morgan fingerprint density at radius 2 is 1.00 bits per heavy atom. The van der Waals surface area contributed by atoms with Gasteiger partial charge in [0.25, 0.3) is 0 Å². The van der Waals surface area contributed by atoms with Crippen LogP contribution in [0.25, 0.3) is 0 Å². The van der Waals surface area contributed by atoms with Gasteiger partial charge in [-0.25, -0.2) is 0 Å².